The number of dihydropyridines is 1. The van der Waals surface area contributed by atoms with Gasteiger partial charge in [0.15, 0.2) is 0 Å². The van der Waals surface area contributed by atoms with Gasteiger partial charge in [-0.05, 0) is 43.3 Å². The molecule has 3 N–H and O–H groups in total. The summed E-state index contributed by atoms with van der Waals surface area (Å²) in [7, 11) is 2.80. The molecule has 1 aliphatic rings. The van der Waals surface area contributed by atoms with E-state index in [0.29, 0.717) is 27.9 Å². The monoisotopic (exact) mass is 558 g/mol. The molecule has 0 fully saturated rings. The molecule has 0 radical (unpaired) electrons. The number of carbonyl (C=O) groups excluding carboxylic acids is 3. The van der Waals surface area contributed by atoms with Gasteiger partial charge in [0, 0.05) is 17.5 Å². The van der Waals surface area contributed by atoms with Crippen molar-refractivity contribution in [1.82, 2.24) is 5.32 Å². The number of amides is 2. The van der Waals surface area contributed by atoms with Crippen LogP contribution in [0.1, 0.15) is 29.0 Å². The van der Waals surface area contributed by atoms with Crippen LogP contribution >= 0.6 is 11.8 Å². The summed E-state index contributed by atoms with van der Waals surface area (Å²) in [6.45, 7) is 1.70. The number of carbonyl (C=O) groups is 3. The van der Waals surface area contributed by atoms with Crippen LogP contribution in [0, 0.1) is 11.3 Å². The standard InChI is InChI=1S/C29H26N4O6S/c1-17-25(27(35)33-22-11-5-4-10-20(22)29(36)38-3)26(23-12-7-13-39-23)21(15-30)28(31-17)40-16-24(34)32-18-8-6-9-19(14-18)37-2/h4-14,26,31H,16H2,1-3H3,(H,32,34)(H,33,35). The minimum absolute atomic E-state index is 0.00306. The zero-order valence-electron chi connectivity index (χ0n) is 21.9. The number of ether oxygens (including phenoxy) is 2. The van der Waals surface area contributed by atoms with E-state index in [2.05, 4.69) is 22.0 Å². The summed E-state index contributed by atoms with van der Waals surface area (Å²) in [5, 5.41) is 19.3. The van der Waals surface area contributed by atoms with E-state index in [4.69, 9.17) is 13.9 Å². The molecule has 11 heteroatoms. The van der Waals surface area contributed by atoms with Crippen LogP contribution in [-0.4, -0.2) is 37.8 Å². The lowest BCUT2D eigenvalue weighted by Gasteiger charge is -2.28. The lowest BCUT2D eigenvalue weighted by molar-refractivity contribution is -0.114. The zero-order valence-corrected chi connectivity index (χ0v) is 22.8. The quantitative estimate of drug-likeness (QED) is 0.316. The fourth-order valence-corrected chi connectivity index (χ4v) is 5.06. The largest absolute Gasteiger partial charge is 0.497 e. The number of methoxy groups -OCH3 is 2. The molecule has 0 saturated carbocycles. The number of hydrogen-bond donors (Lipinski definition) is 3. The number of para-hydroxylation sites is 1. The van der Waals surface area contributed by atoms with E-state index in [1.807, 2.05) is 0 Å². The molecule has 0 aliphatic carbocycles. The highest BCUT2D eigenvalue weighted by molar-refractivity contribution is 8.03. The van der Waals surface area contributed by atoms with Crippen molar-refractivity contribution >= 4 is 40.9 Å². The highest BCUT2D eigenvalue weighted by Gasteiger charge is 2.37. The molecule has 2 aromatic carbocycles. The van der Waals surface area contributed by atoms with Gasteiger partial charge < -0.3 is 29.8 Å². The maximum Gasteiger partial charge on any atom is 0.339 e. The van der Waals surface area contributed by atoms with E-state index in [9.17, 15) is 19.6 Å². The zero-order chi connectivity index (χ0) is 28.6. The second-order valence-electron chi connectivity index (χ2n) is 8.53. The predicted molar refractivity (Wildman–Crippen MR) is 150 cm³/mol. The van der Waals surface area contributed by atoms with Crippen molar-refractivity contribution in [2.24, 2.45) is 0 Å². The van der Waals surface area contributed by atoms with Crippen LogP contribution in [-0.2, 0) is 14.3 Å². The molecule has 4 rings (SSSR count). The van der Waals surface area contributed by atoms with Gasteiger partial charge in [-0.1, -0.05) is 30.0 Å². The lowest BCUT2D eigenvalue weighted by atomic mass is 9.85. The first-order chi connectivity index (χ1) is 19.4. The number of rotatable bonds is 9. The van der Waals surface area contributed by atoms with Crippen LogP contribution in [0.2, 0.25) is 0 Å². The molecule has 40 heavy (non-hydrogen) atoms. The maximum atomic E-state index is 13.6. The van der Waals surface area contributed by atoms with Gasteiger partial charge in [0.25, 0.3) is 5.91 Å². The summed E-state index contributed by atoms with van der Waals surface area (Å²) in [4.78, 5) is 38.5. The summed E-state index contributed by atoms with van der Waals surface area (Å²) >= 11 is 1.13. The van der Waals surface area contributed by atoms with Gasteiger partial charge in [0.05, 0.1) is 65.6 Å². The van der Waals surface area contributed by atoms with Crippen molar-refractivity contribution in [3.05, 3.63) is 100 Å². The Morgan fingerprint density at radius 2 is 1.88 bits per heavy atom. The molecular formula is C29H26N4O6S. The van der Waals surface area contributed by atoms with E-state index in [1.54, 1.807) is 68.6 Å². The Hall–Kier alpha value is -4.95. The van der Waals surface area contributed by atoms with Crippen LogP contribution in [0.5, 0.6) is 5.75 Å². The molecule has 1 unspecified atom stereocenters. The number of thioether (sulfide) groups is 1. The van der Waals surface area contributed by atoms with Crippen LogP contribution in [0.15, 0.2) is 93.2 Å². The van der Waals surface area contributed by atoms with E-state index in [-0.39, 0.29) is 34.1 Å². The summed E-state index contributed by atoms with van der Waals surface area (Å²) in [6.07, 6.45) is 1.46. The van der Waals surface area contributed by atoms with Gasteiger partial charge in [-0.15, -0.1) is 0 Å². The van der Waals surface area contributed by atoms with Crippen LogP contribution in [0.3, 0.4) is 0 Å². The average Bonchev–Trinajstić information content (AvgIpc) is 3.50. The first kappa shape index (κ1) is 28.1. The smallest absolute Gasteiger partial charge is 0.339 e. The van der Waals surface area contributed by atoms with Crippen molar-refractivity contribution in [3.8, 4) is 11.8 Å². The molecule has 1 aromatic heterocycles. The number of nitrogens with zero attached hydrogens (tertiary/aromatic N) is 1. The first-order valence-electron chi connectivity index (χ1n) is 12.1. The maximum absolute atomic E-state index is 13.6. The minimum Gasteiger partial charge on any atom is -0.497 e. The van der Waals surface area contributed by atoms with Crippen molar-refractivity contribution in [3.63, 3.8) is 0 Å². The van der Waals surface area contributed by atoms with Crippen molar-refractivity contribution in [2.75, 3.05) is 30.6 Å². The molecule has 3 aromatic rings. The Balaban J connectivity index is 1.59. The second-order valence-corrected chi connectivity index (χ2v) is 9.51. The van der Waals surface area contributed by atoms with E-state index < -0.39 is 17.8 Å². The Kier molecular flexibility index (Phi) is 8.93. The highest BCUT2D eigenvalue weighted by Crippen LogP contribution is 2.41. The first-order valence-corrected chi connectivity index (χ1v) is 13.1. The third-order valence-corrected chi connectivity index (χ3v) is 7.02. The topological polar surface area (TPSA) is 143 Å². The number of hydrogen-bond acceptors (Lipinski definition) is 9. The van der Waals surface area contributed by atoms with Gasteiger partial charge in [-0.3, -0.25) is 9.59 Å². The predicted octanol–water partition coefficient (Wildman–Crippen LogP) is 4.78. The summed E-state index contributed by atoms with van der Waals surface area (Å²) in [5.74, 6) is -1.29. The van der Waals surface area contributed by atoms with Gasteiger partial charge in [-0.2, -0.15) is 5.26 Å². The molecule has 2 amide bonds. The molecule has 0 spiro atoms. The normalized spacial score (nSPS) is 14.6. The van der Waals surface area contributed by atoms with Gasteiger partial charge in [-0.25, -0.2) is 4.79 Å². The Morgan fingerprint density at radius 3 is 2.58 bits per heavy atom. The second kappa shape index (κ2) is 12.7. The summed E-state index contributed by atoms with van der Waals surface area (Å²) in [5.41, 5.74) is 1.93. The minimum atomic E-state index is -0.851. The van der Waals surface area contributed by atoms with Crippen LogP contribution in [0.25, 0.3) is 0 Å². The van der Waals surface area contributed by atoms with Crippen LogP contribution in [0.4, 0.5) is 11.4 Å². The average molecular weight is 559 g/mol. The van der Waals surface area contributed by atoms with Crippen LogP contribution < -0.4 is 20.7 Å². The Morgan fingerprint density at radius 1 is 1.07 bits per heavy atom. The van der Waals surface area contributed by atoms with E-state index in [0.717, 1.165) is 11.8 Å². The van der Waals surface area contributed by atoms with Crippen molar-refractivity contribution in [1.29, 1.82) is 5.26 Å². The van der Waals surface area contributed by atoms with Gasteiger partial charge >= 0.3 is 5.97 Å². The number of anilines is 2. The number of allylic oxidation sites excluding steroid dienone is 2. The van der Waals surface area contributed by atoms with E-state index in [1.165, 1.54) is 19.4 Å². The Labute approximate surface area is 235 Å². The number of nitrogens with one attached hydrogen (secondary N) is 3. The molecule has 1 aliphatic heterocycles. The summed E-state index contributed by atoms with van der Waals surface area (Å²) in [6, 6.07) is 19.0. The molecule has 10 nitrogen and oxygen atoms in total. The van der Waals surface area contributed by atoms with Gasteiger partial charge in [0.2, 0.25) is 5.91 Å². The van der Waals surface area contributed by atoms with E-state index >= 15 is 0 Å². The molecule has 0 bridgehead atoms. The summed E-state index contributed by atoms with van der Waals surface area (Å²) < 4.78 is 15.7. The number of furan rings is 1. The highest BCUT2D eigenvalue weighted by atomic mass is 32.2. The number of nitriles is 1. The number of benzene rings is 2. The van der Waals surface area contributed by atoms with Gasteiger partial charge in [0.1, 0.15) is 11.5 Å². The van der Waals surface area contributed by atoms with Crippen molar-refractivity contribution in [2.45, 2.75) is 12.8 Å². The molecule has 1 atom stereocenters. The van der Waals surface area contributed by atoms with Crippen molar-refractivity contribution < 1.29 is 28.3 Å². The number of esters is 1. The lowest BCUT2D eigenvalue weighted by Crippen LogP contribution is -2.31. The fraction of sp³-hybridized carbons (Fsp3) is 0.172. The molecule has 204 valence electrons. The molecule has 2 heterocycles. The Bertz CT molecular complexity index is 1540. The molecule has 0 saturated heterocycles. The third-order valence-electron chi connectivity index (χ3n) is 6.00. The molecular weight excluding hydrogens is 532 g/mol. The third kappa shape index (κ3) is 6.19. The fourth-order valence-electron chi connectivity index (χ4n) is 4.17. The SMILES string of the molecule is COC(=O)c1ccccc1NC(=O)C1=C(C)NC(SCC(=O)Nc2cccc(OC)c2)=C(C#N)C1c1ccco1.